The highest BCUT2D eigenvalue weighted by molar-refractivity contribution is 5.22. The highest BCUT2D eigenvalue weighted by Crippen LogP contribution is 2.41. The molecule has 2 aliphatic rings. The maximum Gasteiger partial charge on any atom is 0.127 e. The van der Waals surface area contributed by atoms with Crippen LogP contribution in [0.4, 0.5) is 4.39 Å². The molecule has 1 aromatic rings. The summed E-state index contributed by atoms with van der Waals surface area (Å²) in [6, 6.07) is 9.33. The Kier molecular flexibility index (Phi) is 4.08. The van der Waals surface area contributed by atoms with E-state index in [1.807, 2.05) is 12.1 Å². The van der Waals surface area contributed by atoms with E-state index in [9.17, 15) is 4.39 Å². The molecule has 2 fully saturated rings. The van der Waals surface area contributed by atoms with Crippen LogP contribution < -0.4 is 5.32 Å². The maximum absolute atomic E-state index is 14.0. The van der Waals surface area contributed by atoms with Gasteiger partial charge in [-0.3, -0.25) is 4.90 Å². The van der Waals surface area contributed by atoms with Crippen LogP contribution in [0, 0.1) is 5.82 Å². The predicted molar refractivity (Wildman–Crippen MR) is 80.2 cm³/mol. The van der Waals surface area contributed by atoms with Crippen molar-refractivity contribution in [3.8, 4) is 0 Å². The van der Waals surface area contributed by atoms with Crippen molar-refractivity contribution in [2.24, 2.45) is 0 Å². The topological polar surface area (TPSA) is 15.3 Å². The van der Waals surface area contributed by atoms with E-state index >= 15 is 0 Å². The Morgan fingerprint density at radius 2 is 1.90 bits per heavy atom. The van der Waals surface area contributed by atoms with E-state index in [-0.39, 0.29) is 11.9 Å². The molecule has 110 valence electrons. The fourth-order valence-corrected chi connectivity index (χ4v) is 4.28. The Balaban J connectivity index is 1.77. The van der Waals surface area contributed by atoms with E-state index in [1.165, 1.54) is 25.7 Å². The van der Waals surface area contributed by atoms with E-state index in [4.69, 9.17) is 0 Å². The van der Waals surface area contributed by atoms with Gasteiger partial charge in [-0.05, 0) is 45.2 Å². The summed E-state index contributed by atoms with van der Waals surface area (Å²) in [4.78, 5) is 2.58. The number of fused-ring (bicyclic) bond motifs is 2. The van der Waals surface area contributed by atoms with Crippen molar-refractivity contribution in [1.82, 2.24) is 10.2 Å². The number of hydrogen-bond donors (Lipinski definition) is 1. The molecule has 2 heterocycles. The van der Waals surface area contributed by atoms with Gasteiger partial charge in [-0.1, -0.05) is 25.1 Å². The molecule has 3 heteroatoms. The van der Waals surface area contributed by atoms with Crippen LogP contribution in [0.15, 0.2) is 24.3 Å². The molecule has 2 bridgehead atoms. The summed E-state index contributed by atoms with van der Waals surface area (Å²) < 4.78 is 14.0. The van der Waals surface area contributed by atoms with E-state index in [1.54, 1.807) is 12.1 Å². The van der Waals surface area contributed by atoms with Crippen molar-refractivity contribution in [2.45, 2.75) is 63.7 Å². The first kappa shape index (κ1) is 14.0. The molecular weight excluding hydrogens is 251 g/mol. The standard InChI is InChI=1S/C17H25FN2/c1-3-19-13-10-14-8-9-15(11-13)20(14)12(2)16-6-4-5-7-17(16)18/h4-7,12-15,19H,3,8-11H2,1-2H3. The minimum Gasteiger partial charge on any atom is -0.314 e. The lowest BCUT2D eigenvalue weighted by Gasteiger charge is -2.43. The normalized spacial score (nSPS) is 31.4. The summed E-state index contributed by atoms with van der Waals surface area (Å²) >= 11 is 0. The van der Waals surface area contributed by atoms with Crippen molar-refractivity contribution < 1.29 is 4.39 Å². The van der Waals surface area contributed by atoms with Crippen molar-refractivity contribution >= 4 is 0 Å². The van der Waals surface area contributed by atoms with Gasteiger partial charge < -0.3 is 5.32 Å². The Morgan fingerprint density at radius 3 is 2.50 bits per heavy atom. The minimum atomic E-state index is -0.0618. The van der Waals surface area contributed by atoms with E-state index in [0.717, 1.165) is 12.1 Å². The Morgan fingerprint density at radius 1 is 1.25 bits per heavy atom. The van der Waals surface area contributed by atoms with Crippen LogP contribution in [0.2, 0.25) is 0 Å². The average Bonchev–Trinajstić information content (AvgIpc) is 2.70. The van der Waals surface area contributed by atoms with Gasteiger partial charge in [0.2, 0.25) is 0 Å². The van der Waals surface area contributed by atoms with Crippen LogP contribution in [0.1, 0.15) is 51.1 Å². The number of nitrogens with one attached hydrogen (secondary N) is 1. The van der Waals surface area contributed by atoms with Gasteiger partial charge in [0.15, 0.2) is 0 Å². The van der Waals surface area contributed by atoms with E-state index in [0.29, 0.717) is 18.1 Å². The van der Waals surface area contributed by atoms with Crippen LogP contribution in [0.3, 0.4) is 0 Å². The van der Waals surface area contributed by atoms with Gasteiger partial charge in [0.1, 0.15) is 5.82 Å². The molecule has 2 saturated heterocycles. The lowest BCUT2D eigenvalue weighted by atomic mass is 9.93. The lowest BCUT2D eigenvalue weighted by Crippen LogP contribution is -2.49. The van der Waals surface area contributed by atoms with Gasteiger partial charge in [-0.25, -0.2) is 4.39 Å². The molecule has 2 nitrogen and oxygen atoms in total. The van der Waals surface area contributed by atoms with Crippen molar-refractivity contribution in [2.75, 3.05) is 6.54 Å². The second-order valence-electron chi connectivity index (χ2n) is 6.26. The third kappa shape index (κ3) is 2.49. The zero-order valence-electron chi connectivity index (χ0n) is 12.5. The number of halogens is 1. The van der Waals surface area contributed by atoms with Crippen molar-refractivity contribution in [3.05, 3.63) is 35.6 Å². The molecule has 0 amide bonds. The average molecular weight is 276 g/mol. The maximum atomic E-state index is 14.0. The molecule has 2 aliphatic heterocycles. The van der Waals surface area contributed by atoms with Gasteiger partial charge in [0.25, 0.3) is 0 Å². The molecule has 0 aromatic heterocycles. The Hall–Kier alpha value is -0.930. The molecule has 3 rings (SSSR count). The number of nitrogens with zero attached hydrogens (tertiary/aromatic N) is 1. The third-order valence-corrected chi connectivity index (χ3v) is 5.08. The summed E-state index contributed by atoms with van der Waals surface area (Å²) in [6.07, 6.45) is 4.96. The minimum absolute atomic E-state index is 0.0618. The van der Waals surface area contributed by atoms with Gasteiger partial charge in [0.05, 0.1) is 0 Å². The van der Waals surface area contributed by atoms with Gasteiger partial charge >= 0.3 is 0 Å². The summed E-state index contributed by atoms with van der Waals surface area (Å²) in [6.45, 7) is 5.39. The molecule has 0 spiro atoms. The van der Waals surface area contributed by atoms with E-state index < -0.39 is 0 Å². The zero-order chi connectivity index (χ0) is 14.1. The second kappa shape index (κ2) is 5.82. The van der Waals surface area contributed by atoms with Crippen LogP contribution in [0.25, 0.3) is 0 Å². The highest BCUT2D eigenvalue weighted by atomic mass is 19.1. The molecule has 3 unspecified atom stereocenters. The quantitative estimate of drug-likeness (QED) is 0.905. The molecule has 20 heavy (non-hydrogen) atoms. The number of hydrogen-bond acceptors (Lipinski definition) is 2. The molecule has 3 atom stereocenters. The molecule has 0 aliphatic carbocycles. The number of piperidine rings is 1. The van der Waals surface area contributed by atoms with Gasteiger partial charge in [-0.2, -0.15) is 0 Å². The van der Waals surface area contributed by atoms with Crippen molar-refractivity contribution in [1.29, 1.82) is 0 Å². The first-order chi connectivity index (χ1) is 9.70. The number of rotatable bonds is 4. The SMILES string of the molecule is CCNC1CC2CCC(C1)N2C(C)c1ccccc1F. The molecule has 1 aromatic carbocycles. The van der Waals surface area contributed by atoms with E-state index in [2.05, 4.69) is 24.1 Å². The van der Waals surface area contributed by atoms with Crippen LogP contribution in [-0.2, 0) is 0 Å². The Labute approximate surface area is 121 Å². The molecule has 1 N–H and O–H groups in total. The van der Waals surface area contributed by atoms with Crippen LogP contribution >= 0.6 is 0 Å². The van der Waals surface area contributed by atoms with Gasteiger partial charge in [-0.15, -0.1) is 0 Å². The van der Waals surface area contributed by atoms with Gasteiger partial charge in [0, 0.05) is 29.7 Å². The van der Waals surface area contributed by atoms with Crippen LogP contribution in [0.5, 0.6) is 0 Å². The first-order valence-electron chi connectivity index (χ1n) is 7.96. The second-order valence-corrected chi connectivity index (χ2v) is 6.26. The largest absolute Gasteiger partial charge is 0.314 e. The first-order valence-corrected chi connectivity index (χ1v) is 7.96. The number of benzene rings is 1. The molecular formula is C17H25FN2. The third-order valence-electron chi connectivity index (χ3n) is 5.08. The summed E-state index contributed by atoms with van der Waals surface area (Å²) in [5, 5.41) is 3.60. The summed E-state index contributed by atoms with van der Waals surface area (Å²) in [7, 11) is 0. The fourth-order valence-electron chi connectivity index (χ4n) is 4.28. The molecule has 0 radical (unpaired) electrons. The fraction of sp³-hybridized carbons (Fsp3) is 0.647. The monoisotopic (exact) mass is 276 g/mol. The zero-order valence-corrected chi connectivity index (χ0v) is 12.5. The molecule has 0 saturated carbocycles. The Bertz CT molecular complexity index is 448. The van der Waals surface area contributed by atoms with Crippen LogP contribution in [-0.4, -0.2) is 29.6 Å². The highest BCUT2D eigenvalue weighted by Gasteiger charge is 2.43. The lowest BCUT2D eigenvalue weighted by molar-refractivity contribution is 0.0760. The van der Waals surface area contributed by atoms with Crippen molar-refractivity contribution in [3.63, 3.8) is 0 Å². The smallest absolute Gasteiger partial charge is 0.127 e. The predicted octanol–water partition coefficient (Wildman–Crippen LogP) is 3.49. The summed E-state index contributed by atoms with van der Waals surface area (Å²) in [5.74, 6) is -0.0618. The summed E-state index contributed by atoms with van der Waals surface area (Å²) in [5.41, 5.74) is 0.853.